The number of benzene rings is 2. The van der Waals surface area contributed by atoms with Gasteiger partial charge in [0.15, 0.2) is 0 Å². The van der Waals surface area contributed by atoms with Crippen LogP contribution >= 0.6 is 15.9 Å². The molecule has 6 nitrogen and oxygen atoms in total. The molecule has 0 aromatic heterocycles. The Morgan fingerprint density at radius 1 is 1.06 bits per heavy atom. The highest BCUT2D eigenvalue weighted by atomic mass is 79.9. The first-order chi connectivity index (χ1) is 15.3. The molecule has 0 saturated carbocycles. The van der Waals surface area contributed by atoms with E-state index in [0.717, 1.165) is 41.2 Å². The molecule has 1 saturated heterocycles. The van der Waals surface area contributed by atoms with Gasteiger partial charge in [-0.3, -0.25) is 0 Å². The Hall–Kier alpha value is -2.41. The number of nitrogens with zero attached hydrogens (tertiary/aromatic N) is 2. The Kier molecular flexibility index (Phi) is 8.29. The average Bonchev–Trinajstić information content (AvgIpc) is 2.79. The minimum Gasteiger partial charge on any atom is -0.495 e. The lowest BCUT2D eigenvalue weighted by Gasteiger charge is -2.36. The van der Waals surface area contributed by atoms with E-state index < -0.39 is 0 Å². The van der Waals surface area contributed by atoms with E-state index in [4.69, 9.17) is 9.47 Å². The molecule has 174 valence electrons. The fraction of sp³-hybridized carbons (Fsp3) is 0.480. The summed E-state index contributed by atoms with van der Waals surface area (Å²) < 4.78 is 12.3. The van der Waals surface area contributed by atoms with Crippen molar-refractivity contribution < 1.29 is 14.3 Å². The van der Waals surface area contributed by atoms with E-state index in [1.165, 1.54) is 5.56 Å². The smallest absolute Gasteiger partial charge is 0.317 e. The number of carbonyl (C=O) groups excluding carboxylic acids is 1. The third kappa shape index (κ3) is 6.31. The highest BCUT2D eigenvalue weighted by Crippen LogP contribution is 2.31. The topological polar surface area (TPSA) is 54.0 Å². The second-order valence-electron chi connectivity index (χ2n) is 8.98. The maximum Gasteiger partial charge on any atom is 0.317 e. The van der Waals surface area contributed by atoms with Crippen molar-refractivity contribution in [1.29, 1.82) is 0 Å². The highest BCUT2D eigenvalue weighted by Gasteiger charge is 2.22. The monoisotopic (exact) mass is 503 g/mol. The summed E-state index contributed by atoms with van der Waals surface area (Å²) in [5.41, 5.74) is 2.44. The number of methoxy groups -OCH3 is 1. The summed E-state index contributed by atoms with van der Waals surface area (Å²) in [5, 5.41) is 3.01. The summed E-state index contributed by atoms with van der Waals surface area (Å²) in [6.45, 7) is 10.7. The fourth-order valence-electron chi connectivity index (χ4n) is 3.69. The van der Waals surface area contributed by atoms with Gasteiger partial charge in [-0.2, -0.15) is 0 Å². The number of amides is 2. The van der Waals surface area contributed by atoms with Gasteiger partial charge >= 0.3 is 6.03 Å². The summed E-state index contributed by atoms with van der Waals surface area (Å²) >= 11 is 3.60. The van der Waals surface area contributed by atoms with Crippen LogP contribution in [0, 0.1) is 0 Å². The van der Waals surface area contributed by atoms with E-state index in [1.54, 1.807) is 7.11 Å². The zero-order valence-electron chi connectivity index (χ0n) is 19.5. The summed E-state index contributed by atoms with van der Waals surface area (Å²) in [7, 11) is 1.69. The van der Waals surface area contributed by atoms with Crippen molar-refractivity contribution in [3.63, 3.8) is 0 Å². The van der Waals surface area contributed by atoms with E-state index in [9.17, 15) is 4.79 Å². The van der Waals surface area contributed by atoms with Crippen LogP contribution in [0.3, 0.4) is 0 Å². The standard InChI is InChI=1S/C25H34BrN3O3/c1-25(2,3)19-10-11-22(20(26)18-19)32-17-7-12-27-24(30)29-15-13-28(14-16-29)21-8-5-6-9-23(21)31-4/h5-6,8-11,18H,7,12-17H2,1-4H3,(H,27,30). The van der Waals surface area contributed by atoms with Crippen molar-refractivity contribution in [3.05, 3.63) is 52.5 Å². The number of rotatable bonds is 7. The van der Waals surface area contributed by atoms with Crippen LogP contribution < -0.4 is 19.7 Å². The molecule has 7 heteroatoms. The van der Waals surface area contributed by atoms with Crippen molar-refractivity contribution in [2.45, 2.75) is 32.6 Å². The van der Waals surface area contributed by atoms with Crippen molar-refractivity contribution >= 4 is 27.6 Å². The molecule has 32 heavy (non-hydrogen) atoms. The number of para-hydroxylation sites is 2. The van der Waals surface area contributed by atoms with Gasteiger partial charge in [-0.1, -0.05) is 39.0 Å². The van der Waals surface area contributed by atoms with Crippen LogP contribution in [0.2, 0.25) is 0 Å². The molecule has 1 aliphatic heterocycles. The molecule has 3 rings (SSSR count). The Morgan fingerprint density at radius 3 is 2.44 bits per heavy atom. The quantitative estimate of drug-likeness (QED) is 0.536. The van der Waals surface area contributed by atoms with Gasteiger partial charge < -0.3 is 24.6 Å². The van der Waals surface area contributed by atoms with Crippen molar-refractivity contribution in [2.24, 2.45) is 0 Å². The molecule has 1 fully saturated rings. The molecule has 0 aliphatic carbocycles. The lowest BCUT2D eigenvalue weighted by molar-refractivity contribution is 0.193. The molecule has 1 heterocycles. The van der Waals surface area contributed by atoms with E-state index in [2.05, 4.69) is 65.1 Å². The van der Waals surface area contributed by atoms with Crippen LogP contribution in [-0.2, 0) is 5.41 Å². The molecule has 1 aliphatic rings. The van der Waals surface area contributed by atoms with Gasteiger partial charge in [-0.25, -0.2) is 4.79 Å². The fourth-order valence-corrected chi connectivity index (χ4v) is 4.18. The van der Waals surface area contributed by atoms with Gasteiger partial charge in [0.05, 0.1) is 23.9 Å². The molecule has 0 spiro atoms. The van der Waals surface area contributed by atoms with Gasteiger partial charge in [0.25, 0.3) is 0 Å². The number of ether oxygens (including phenoxy) is 2. The van der Waals surface area contributed by atoms with E-state index in [-0.39, 0.29) is 11.4 Å². The molecule has 2 aromatic rings. The largest absolute Gasteiger partial charge is 0.495 e. The molecule has 2 aromatic carbocycles. The van der Waals surface area contributed by atoms with Crippen molar-refractivity contribution in [1.82, 2.24) is 10.2 Å². The molecule has 0 bridgehead atoms. The maximum atomic E-state index is 12.5. The molecule has 0 unspecified atom stereocenters. The maximum absolute atomic E-state index is 12.5. The summed E-state index contributed by atoms with van der Waals surface area (Å²) in [6, 6.07) is 14.2. The Bertz CT molecular complexity index is 906. The average molecular weight is 504 g/mol. The first-order valence-electron chi connectivity index (χ1n) is 11.1. The zero-order valence-corrected chi connectivity index (χ0v) is 21.1. The SMILES string of the molecule is COc1ccccc1N1CCN(C(=O)NCCCOc2ccc(C(C)(C)C)cc2Br)CC1. The molecular weight excluding hydrogens is 470 g/mol. The van der Waals surface area contributed by atoms with Crippen molar-refractivity contribution in [3.8, 4) is 11.5 Å². The third-order valence-electron chi connectivity index (χ3n) is 5.65. The van der Waals surface area contributed by atoms with Crippen LogP contribution in [0.5, 0.6) is 11.5 Å². The van der Waals surface area contributed by atoms with Gasteiger partial charge in [0.1, 0.15) is 11.5 Å². The van der Waals surface area contributed by atoms with E-state index >= 15 is 0 Å². The van der Waals surface area contributed by atoms with Crippen LogP contribution in [0.1, 0.15) is 32.8 Å². The normalized spacial score (nSPS) is 14.3. The minimum absolute atomic E-state index is 0.0135. The molecule has 2 amide bonds. The zero-order chi connectivity index (χ0) is 23.1. The Morgan fingerprint density at radius 2 is 1.78 bits per heavy atom. The number of carbonyl (C=O) groups is 1. The lowest BCUT2D eigenvalue weighted by atomic mass is 9.87. The first-order valence-corrected chi connectivity index (χ1v) is 11.9. The second-order valence-corrected chi connectivity index (χ2v) is 9.83. The highest BCUT2D eigenvalue weighted by molar-refractivity contribution is 9.10. The minimum atomic E-state index is -0.0135. The van der Waals surface area contributed by atoms with Crippen molar-refractivity contribution in [2.75, 3.05) is 51.3 Å². The number of nitrogens with one attached hydrogen (secondary N) is 1. The molecule has 0 atom stereocenters. The van der Waals surface area contributed by atoms with Crippen LogP contribution in [0.15, 0.2) is 46.9 Å². The van der Waals surface area contributed by atoms with Gasteiger partial charge in [-0.05, 0) is 57.6 Å². The molecule has 1 N–H and O–H groups in total. The predicted octanol–water partition coefficient (Wildman–Crippen LogP) is 5.06. The molecule has 0 radical (unpaired) electrons. The van der Waals surface area contributed by atoms with Crippen LogP contribution in [0.4, 0.5) is 10.5 Å². The number of piperazine rings is 1. The number of hydrogen-bond acceptors (Lipinski definition) is 4. The molecular formula is C25H34BrN3O3. The van der Waals surface area contributed by atoms with Gasteiger partial charge in [0, 0.05) is 32.7 Å². The van der Waals surface area contributed by atoms with Gasteiger partial charge in [-0.15, -0.1) is 0 Å². The Labute approximate surface area is 200 Å². The van der Waals surface area contributed by atoms with E-state index in [0.29, 0.717) is 26.2 Å². The number of anilines is 1. The summed E-state index contributed by atoms with van der Waals surface area (Å²) in [6.07, 6.45) is 0.750. The summed E-state index contributed by atoms with van der Waals surface area (Å²) in [4.78, 5) is 16.6. The number of urea groups is 1. The third-order valence-corrected chi connectivity index (χ3v) is 6.27. The van der Waals surface area contributed by atoms with E-state index in [1.807, 2.05) is 29.2 Å². The van der Waals surface area contributed by atoms with Gasteiger partial charge in [0.2, 0.25) is 0 Å². The first kappa shape index (κ1) is 24.2. The van der Waals surface area contributed by atoms with Crippen LogP contribution in [0.25, 0.3) is 0 Å². The lowest BCUT2D eigenvalue weighted by Crippen LogP contribution is -2.52. The number of halogens is 1. The Balaban J connectivity index is 1.37. The number of hydrogen-bond donors (Lipinski definition) is 1. The van der Waals surface area contributed by atoms with Crippen LogP contribution in [-0.4, -0.2) is 57.4 Å². The second kappa shape index (κ2) is 10.9. The summed E-state index contributed by atoms with van der Waals surface area (Å²) in [5.74, 6) is 1.70. The predicted molar refractivity (Wildman–Crippen MR) is 133 cm³/mol.